The SMILES string of the molecule is C[CH2][Sn]([I])([c]1ccccc1)[c]1ccccc1.C[CH2][Sn]([I])([c]1ccccc1)[c]1ccccc1. The molecule has 0 N–H and O–H groups in total. The van der Waals surface area contributed by atoms with Crippen LogP contribution in [0.25, 0.3) is 0 Å². The summed E-state index contributed by atoms with van der Waals surface area (Å²) in [5, 5.41) is 0. The van der Waals surface area contributed by atoms with Gasteiger partial charge in [-0.25, -0.2) is 0 Å². The molecule has 0 spiro atoms. The van der Waals surface area contributed by atoms with Crippen LogP contribution >= 0.6 is 37.3 Å². The minimum absolute atomic E-state index is 1.31. The zero-order chi connectivity index (χ0) is 22.9. The first kappa shape index (κ1) is 26.5. The zero-order valence-electron chi connectivity index (χ0n) is 18.7. The predicted molar refractivity (Wildman–Crippen MR) is 165 cm³/mol. The van der Waals surface area contributed by atoms with E-state index in [9.17, 15) is 0 Å². The minimum atomic E-state index is -2.33. The van der Waals surface area contributed by atoms with Gasteiger partial charge in [0, 0.05) is 0 Å². The van der Waals surface area contributed by atoms with Crippen molar-refractivity contribution in [3.05, 3.63) is 121 Å². The molecule has 0 bridgehead atoms. The van der Waals surface area contributed by atoms with E-state index in [0.29, 0.717) is 0 Å². The molecule has 0 nitrogen and oxygen atoms in total. The van der Waals surface area contributed by atoms with Crippen LogP contribution in [0.15, 0.2) is 121 Å². The number of rotatable bonds is 6. The molecule has 4 heteroatoms. The number of hydrogen-bond donors (Lipinski definition) is 0. The molecule has 0 saturated carbocycles. The molecule has 0 aliphatic rings. The maximum absolute atomic E-state index is 2.78. The van der Waals surface area contributed by atoms with Crippen LogP contribution in [0.3, 0.4) is 0 Å². The quantitative estimate of drug-likeness (QED) is 0.156. The van der Waals surface area contributed by atoms with Gasteiger partial charge in [-0.05, 0) is 0 Å². The van der Waals surface area contributed by atoms with Crippen molar-refractivity contribution in [3.63, 3.8) is 0 Å². The van der Waals surface area contributed by atoms with E-state index in [-0.39, 0.29) is 0 Å². The van der Waals surface area contributed by atoms with Crippen LogP contribution < -0.4 is 14.3 Å². The van der Waals surface area contributed by atoms with Crippen molar-refractivity contribution >= 4 is 80.4 Å². The summed E-state index contributed by atoms with van der Waals surface area (Å²) in [6, 6.07) is 44.2. The molecule has 0 heterocycles. The van der Waals surface area contributed by atoms with Gasteiger partial charge in [0.05, 0.1) is 0 Å². The van der Waals surface area contributed by atoms with E-state index in [1.807, 2.05) is 0 Å². The van der Waals surface area contributed by atoms with Crippen molar-refractivity contribution in [1.29, 1.82) is 0 Å². The van der Waals surface area contributed by atoms with E-state index in [1.54, 1.807) is 14.3 Å². The Morgan fingerprint density at radius 1 is 0.406 bits per heavy atom. The average molecular weight is 858 g/mol. The molecule has 0 aromatic heterocycles. The summed E-state index contributed by atoms with van der Waals surface area (Å²) in [4.78, 5) is 0. The van der Waals surface area contributed by atoms with Gasteiger partial charge in [0.2, 0.25) is 0 Å². The van der Waals surface area contributed by atoms with Gasteiger partial charge in [-0.2, -0.15) is 0 Å². The van der Waals surface area contributed by atoms with Gasteiger partial charge >= 0.3 is 224 Å². The van der Waals surface area contributed by atoms with Crippen molar-refractivity contribution in [2.45, 2.75) is 22.7 Å². The summed E-state index contributed by atoms with van der Waals surface area (Å²) in [5.41, 5.74) is 0. The second-order valence-corrected chi connectivity index (χ2v) is 52.3. The van der Waals surface area contributed by atoms with E-state index >= 15 is 0 Å². The fourth-order valence-electron chi connectivity index (χ4n) is 3.96. The van der Waals surface area contributed by atoms with Crippen molar-refractivity contribution in [2.75, 3.05) is 0 Å². The molecular formula is C28H30I2Sn2. The molecule has 32 heavy (non-hydrogen) atoms. The van der Waals surface area contributed by atoms with E-state index in [4.69, 9.17) is 0 Å². The first-order valence-corrected chi connectivity index (χ1v) is 37.5. The van der Waals surface area contributed by atoms with Gasteiger partial charge in [-0.1, -0.05) is 0 Å². The molecule has 0 amide bonds. The van der Waals surface area contributed by atoms with Crippen molar-refractivity contribution in [3.8, 4) is 0 Å². The number of benzene rings is 4. The summed E-state index contributed by atoms with van der Waals surface area (Å²) < 4.78 is 8.97. The Morgan fingerprint density at radius 2 is 0.594 bits per heavy atom. The Hall–Kier alpha value is -0.0626. The summed E-state index contributed by atoms with van der Waals surface area (Å²) in [6.07, 6.45) is 0. The molecule has 0 fully saturated rings. The van der Waals surface area contributed by atoms with Crippen LogP contribution in [0, 0.1) is 0 Å². The Kier molecular flexibility index (Phi) is 10.9. The molecule has 0 aliphatic heterocycles. The molecule has 0 unspecified atom stereocenters. The van der Waals surface area contributed by atoms with Crippen LogP contribution in [-0.2, 0) is 0 Å². The third kappa shape index (κ3) is 6.53. The molecule has 0 aliphatic carbocycles. The molecule has 0 atom stereocenters. The molecule has 0 saturated heterocycles. The Morgan fingerprint density at radius 3 is 0.750 bits per heavy atom. The number of hydrogen-bond acceptors (Lipinski definition) is 0. The summed E-state index contributed by atoms with van der Waals surface area (Å²) in [7, 11) is 0. The summed E-state index contributed by atoms with van der Waals surface area (Å²) >= 11 is 0.908. The zero-order valence-corrected chi connectivity index (χ0v) is 28.7. The standard InChI is InChI=1S/4C6H5.2C2H5.2HI.2Sn/c4*1-2-4-6-5-3-1;2*1-2;;;;/h4*1-5H;2*1H2,2H3;2*1H;;/q;;;;;;;;2*+1/p-2. The molecule has 0 radical (unpaired) electrons. The second kappa shape index (κ2) is 13.1. The molecule has 4 aromatic carbocycles. The fraction of sp³-hybridized carbons (Fsp3) is 0.143. The topological polar surface area (TPSA) is 0 Å². The van der Waals surface area contributed by atoms with Gasteiger partial charge in [-0.15, -0.1) is 0 Å². The number of halogens is 2. The van der Waals surface area contributed by atoms with Gasteiger partial charge in [0.25, 0.3) is 0 Å². The van der Waals surface area contributed by atoms with Crippen LogP contribution in [0.2, 0.25) is 8.87 Å². The first-order valence-electron chi connectivity index (χ1n) is 11.1. The maximum atomic E-state index is 2.78. The van der Waals surface area contributed by atoms with E-state index in [1.165, 1.54) is 8.87 Å². The normalized spacial score (nSPS) is 11.4. The Labute approximate surface area is 221 Å². The molecule has 4 rings (SSSR count). The second-order valence-electron chi connectivity index (χ2n) is 7.77. The van der Waals surface area contributed by atoms with E-state index < -0.39 is 28.8 Å². The van der Waals surface area contributed by atoms with Crippen molar-refractivity contribution < 1.29 is 0 Å². The predicted octanol–water partition coefficient (Wildman–Crippen LogP) is 6.40. The monoisotopic (exact) mass is 860 g/mol. The summed E-state index contributed by atoms with van der Waals surface area (Å²) in [6.45, 7) is 4.67. The summed E-state index contributed by atoms with van der Waals surface area (Å²) in [5.74, 6) is 0. The van der Waals surface area contributed by atoms with Crippen molar-refractivity contribution in [2.24, 2.45) is 0 Å². The Bertz CT molecular complexity index is 888. The van der Waals surface area contributed by atoms with Gasteiger partial charge in [-0.3, -0.25) is 0 Å². The average Bonchev–Trinajstić information content (AvgIpc) is 2.90. The van der Waals surface area contributed by atoms with Gasteiger partial charge in [0.15, 0.2) is 0 Å². The molecular weight excluding hydrogens is 828 g/mol. The molecule has 4 aromatic rings. The molecule has 164 valence electrons. The van der Waals surface area contributed by atoms with Crippen LogP contribution in [0.4, 0.5) is 0 Å². The first-order chi connectivity index (χ1) is 15.5. The fourth-order valence-corrected chi connectivity index (χ4v) is 28.4. The third-order valence-electron chi connectivity index (χ3n) is 5.90. The van der Waals surface area contributed by atoms with Crippen LogP contribution in [0.5, 0.6) is 0 Å². The Balaban J connectivity index is 0.000000181. The van der Waals surface area contributed by atoms with Crippen LogP contribution in [0.1, 0.15) is 13.8 Å². The van der Waals surface area contributed by atoms with Crippen LogP contribution in [-0.4, -0.2) is 28.8 Å². The van der Waals surface area contributed by atoms with Crippen molar-refractivity contribution in [1.82, 2.24) is 0 Å². The van der Waals surface area contributed by atoms with E-state index in [2.05, 4.69) is 172 Å². The van der Waals surface area contributed by atoms with Gasteiger partial charge < -0.3 is 0 Å². The van der Waals surface area contributed by atoms with Gasteiger partial charge in [0.1, 0.15) is 0 Å². The van der Waals surface area contributed by atoms with E-state index in [0.717, 1.165) is 0 Å². The third-order valence-corrected chi connectivity index (χ3v) is 52.7.